The predicted octanol–water partition coefficient (Wildman–Crippen LogP) is 4.03. The molecule has 6 nitrogen and oxygen atoms in total. The van der Waals surface area contributed by atoms with Crippen LogP contribution >= 0.6 is 11.3 Å². The second kappa shape index (κ2) is 7.75. The third-order valence-electron chi connectivity index (χ3n) is 4.09. The zero-order valence-corrected chi connectivity index (χ0v) is 15.6. The largest absolute Gasteiger partial charge is 0.461 e. The van der Waals surface area contributed by atoms with Crippen molar-refractivity contribution < 1.29 is 19.0 Å². The van der Waals surface area contributed by atoms with E-state index in [1.807, 2.05) is 43.3 Å². The molecule has 0 spiro atoms. The van der Waals surface area contributed by atoms with Crippen molar-refractivity contribution in [3.05, 3.63) is 58.9 Å². The highest BCUT2D eigenvalue weighted by Gasteiger charge is 2.17. The number of pyridine rings is 1. The summed E-state index contributed by atoms with van der Waals surface area (Å²) in [6.45, 7) is 2.53. The van der Waals surface area contributed by atoms with Crippen LogP contribution in [0.2, 0.25) is 0 Å². The van der Waals surface area contributed by atoms with E-state index in [1.165, 1.54) is 11.3 Å². The molecule has 138 valence electrons. The molecule has 4 rings (SSSR count). The Morgan fingerprint density at radius 3 is 2.96 bits per heavy atom. The minimum Gasteiger partial charge on any atom is -0.461 e. The maximum absolute atomic E-state index is 12.2. The van der Waals surface area contributed by atoms with E-state index in [0.29, 0.717) is 18.1 Å². The number of carbonyl (C=O) groups excluding carboxylic acids is 1. The molecule has 0 N–H and O–H groups in total. The van der Waals surface area contributed by atoms with Crippen molar-refractivity contribution in [1.82, 2.24) is 9.97 Å². The number of aryl methyl sites for hydroxylation is 2. The van der Waals surface area contributed by atoms with Gasteiger partial charge in [-0.15, -0.1) is 11.3 Å². The Bertz CT molecular complexity index is 970. The molecule has 0 saturated carbocycles. The normalized spacial score (nSPS) is 12.2. The fraction of sp³-hybridized carbons (Fsp3) is 0.250. The van der Waals surface area contributed by atoms with Crippen LogP contribution in [-0.4, -0.2) is 29.3 Å². The minimum atomic E-state index is -0.407. The van der Waals surface area contributed by atoms with Gasteiger partial charge < -0.3 is 14.2 Å². The number of ether oxygens (including phenoxy) is 3. The topological polar surface area (TPSA) is 70.5 Å². The first-order chi connectivity index (χ1) is 13.2. The minimum absolute atomic E-state index is 0.228. The summed E-state index contributed by atoms with van der Waals surface area (Å²) >= 11 is 1.40. The molecule has 0 unspecified atom stereocenters. The van der Waals surface area contributed by atoms with E-state index in [1.54, 1.807) is 5.38 Å². The first kappa shape index (κ1) is 17.5. The lowest BCUT2D eigenvalue weighted by Crippen LogP contribution is -2.08. The van der Waals surface area contributed by atoms with Gasteiger partial charge in [-0.25, -0.2) is 9.78 Å². The van der Waals surface area contributed by atoms with E-state index < -0.39 is 5.97 Å². The lowest BCUT2D eigenvalue weighted by molar-refractivity contribution is 0.0494. The molecule has 0 saturated heterocycles. The number of esters is 1. The monoisotopic (exact) mass is 382 g/mol. The smallest absolute Gasteiger partial charge is 0.357 e. The Balaban J connectivity index is 1.32. The molecule has 0 radical (unpaired) electrons. The van der Waals surface area contributed by atoms with Crippen LogP contribution in [0, 0.1) is 6.92 Å². The zero-order chi connectivity index (χ0) is 18.6. The van der Waals surface area contributed by atoms with Gasteiger partial charge in [0.15, 0.2) is 17.2 Å². The van der Waals surface area contributed by atoms with Crippen LogP contribution in [0.5, 0.6) is 11.5 Å². The van der Waals surface area contributed by atoms with Crippen LogP contribution in [-0.2, 0) is 11.2 Å². The van der Waals surface area contributed by atoms with Crippen molar-refractivity contribution in [2.75, 3.05) is 13.4 Å². The SMILES string of the molecule is Cc1cccc(CCCOC(=O)c2csc(-c3ccc4c(c3)OCO4)n2)n1. The molecule has 3 aromatic rings. The van der Waals surface area contributed by atoms with Gasteiger partial charge in [0.05, 0.1) is 6.61 Å². The fourth-order valence-corrected chi connectivity index (χ4v) is 3.55. The second-order valence-corrected chi connectivity index (χ2v) is 6.97. The molecule has 7 heteroatoms. The summed E-state index contributed by atoms with van der Waals surface area (Å²) in [5, 5.41) is 2.45. The molecule has 1 aliphatic rings. The van der Waals surface area contributed by atoms with Crippen LogP contribution in [0.4, 0.5) is 0 Å². The predicted molar refractivity (Wildman–Crippen MR) is 101 cm³/mol. The number of thiazole rings is 1. The van der Waals surface area contributed by atoms with E-state index in [9.17, 15) is 4.79 Å². The quantitative estimate of drug-likeness (QED) is 0.473. The van der Waals surface area contributed by atoms with Gasteiger partial charge in [-0.2, -0.15) is 0 Å². The molecular weight excluding hydrogens is 364 g/mol. The van der Waals surface area contributed by atoms with Crippen molar-refractivity contribution in [3.63, 3.8) is 0 Å². The molecule has 0 fully saturated rings. The summed E-state index contributed by atoms with van der Waals surface area (Å²) in [6.07, 6.45) is 1.50. The molecule has 1 aromatic carbocycles. The molecule has 0 bridgehead atoms. The molecule has 2 aromatic heterocycles. The first-order valence-corrected chi connectivity index (χ1v) is 9.52. The molecule has 0 amide bonds. The Morgan fingerprint density at radius 1 is 1.19 bits per heavy atom. The molecule has 3 heterocycles. The highest BCUT2D eigenvalue weighted by molar-refractivity contribution is 7.13. The Kier molecular flexibility index (Phi) is 5.02. The van der Waals surface area contributed by atoms with Crippen molar-refractivity contribution in [1.29, 1.82) is 0 Å². The highest BCUT2D eigenvalue weighted by Crippen LogP contribution is 2.36. The van der Waals surface area contributed by atoms with Crippen LogP contribution in [0.1, 0.15) is 28.3 Å². The number of nitrogens with zero attached hydrogens (tertiary/aromatic N) is 2. The van der Waals surface area contributed by atoms with Crippen LogP contribution in [0.3, 0.4) is 0 Å². The number of fused-ring (bicyclic) bond motifs is 1. The van der Waals surface area contributed by atoms with Gasteiger partial charge in [-0.3, -0.25) is 4.98 Å². The third kappa shape index (κ3) is 4.09. The van der Waals surface area contributed by atoms with Crippen molar-refractivity contribution in [2.45, 2.75) is 19.8 Å². The summed E-state index contributed by atoms with van der Waals surface area (Å²) < 4.78 is 16.0. The van der Waals surface area contributed by atoms with Crippen molar-refractivity contribution in [2.24, 2.45) is 0 Å². The fourth-order valence-electron chi connectivity index (χ4n) is 2.76. The van der Waals surface area contributed by atoms with Gasteiger partial charge >= 0.3 is 5.97 Å². The van der Waals surface area contributed by atoms with E-state index in [2.05, 4.69) is 9.97 Å². The molecule has 0 atom stereocenters. The van der Waals surface area contributed by atoms with Gasteiger partial charge in [0.1, 0.15) is 5.01 Å². The Labute approximate surface area is 160 Å². The van der Waals surface area contributed by atoms with E-state index in [4.69, 9.17) is 14.2 Å². The summed E-state index contributed by atoms with van der Waals surface area (Å²) in [4.78, 5) is 21.0. The maximum atomic E-state index is 12.2. The summed E-state index contributed by atoms with van der Waals surface area (Å²) in [7, 11) is 0. The third-order valence-corrected chi connectivity index (χ3v) is 4.98. The molecule has 27 heavy (non-hydrogen) atoms. The number of hydrogen-bond donors (Lipinski definition) is 0. The van der Waals surface area contributed by atoms with E-state index in [0.717, 1.165) is 40.6 Å². The zero-order valence-electron chi connectivity index (χ0n) is 14.8. The average molecular weight is 382 g/mol. The summed E-state index contributed by atoms with van der Waals surface area (Å²) in [5.41, 5.74) is 3.20. The van der Waals surface area contributed by atoms with Crippen LogP contribution < -0.4 is 9.47 Å². The summed E-state index contributed by atoms with van der Waals surface area (Å²) in [5.74, 6) is 1.00. The van der Waals surface area contributed by atoms with E-state index >= 15 is 0 Å². The average Bonchev–Trinajstić information content (AvgIpc) is 3.33. The number of benzene rings is 1. The van der Waals surface area contributed by atoms with Crippen LogP contribution in [0.25, 0.3) is 10.6 Å². The number of hydrogen-bond acceptors (Lipinski definition) is 7. The second-order valence-electron chi connectivity index (χ2n) is 6.12. The van der Waals surface area contributed by atoms with Gasteiger partial charge in [0, 0.05) is 22.3 Å². The number of aromatic nitrogens is 2. The van der Waals surface area contributed by atoms with Gasteiger partial charge in [0.25, 0.3) is 0 Å². The van der Waals surface area contributed by atoms with Crippen molar-refractivity contribution in [3.8, 4) is 22.1 Å². The first-order valence-electron chi connectivity index (χ1n) is 8.64. The lowest BCUT2D eigenvalue weighted by atomic mass is 10.2. The van der Waals surface area contributed by atoms with Gasteiger partial charge in [-0.05, 0) is 50.1 Å². The van der Waals surface area contributed by atoms with E-state index in [-0.39, 0.29) is 6.79 Å². The summed E-state index contributed by atoms with van der Waals surface area (Å²) in [6, 6.07) is 11.5. The molecular formula is C20H18N2O4S. The number of carbonyl (C=O) groups is 1. The van der Waals surface area contributed by atoms with Gasteiger partial charge in [0.2, 0.25) is 6.79 Å². The lowest BCUT2D eigenvalue weighted by Gasteiger charge is -2.04. The standard InChI is InChI=1S/C20H18N2O4S/c1-13-4-2-5-15(21-13)6-3-9-24-20(23)16-11-27-19(22-16)14-7-8-17-18(10-14)26-12-25-17/h2,4-5,7-8,10-11H,3,6,9,12H2,1H3. The Morgan fingerprint density at radius 2 is 2.07 bits per heavy atom. The number of rotatable bonds is 6. The Hall–Kier alpha value is -2.93. The van der Waals surface area contributed by atoms with Gasteiger partial charge in [-0.1, -0.05) is 6.07 Å². The highest BCUT2D eigenvalue weighted by atomic mass is 32.1. The molecule has 1 aliphatic heterocycles. The maximum Gasteiger partial charge on any atom is 0.357 e. The van der Waals surface area contributed by atoms with Crippen LogP contribution in [0.15, 0.2) is 41.8 Å². The molecule has 0 aliphatic carbocycles. The van der Waals surface area contributed by atoms with Crippen molar-refractivity contribution >= 4 is 17.3 Å².